The molecule has 0 spiro atoms. The summed E-state index contributed by atoms with van der Waals surface area (Å²) >= 11 is 18.8. The lowest BCUT2D eigenvalue weighted by Gasteiger charge is -2.38. The molecular formula is C87H111Cl3FN23O10S3. The highest BCUT2D eigenvalue weighted by atomic mass is 35.5. The minimum Gasteiger partial charge on any atom is -0.356 e. The molecule has 8 atom stereocenters. The fourth-order valence-corrected chi connectivity index (χ4v) is 21.6. The molecule has 0 bridgehead atoms. The third-order valence-electron chi connectivity index (χ3n) is 26.0. The summed E-state index contributed by atoms with van der Waals surface area (Å²) in [6.07, 6.45) is 18.1. The first-order valence-corrected chi connectivity index (χ1v) is 51.2. The number of anilines is 9. The van der Waals surface area contributed by atoms with E-state index >= 15 is 0 Å². The molecule has 9 aromatic rings. The molecule has 3 aromatic carbocycles. The first-order valence-electron chi connectivity index (χ1n) is 44.4. The fourth-order valence-electron chi connectivity index (χ4n) is 19.3. The molecule has 19 rings (SSSR count). The van der Waals surface area contributed by atoms with Crippen LogP contribution in [0.3, 0.4) is 0 Å². The van der Waals surface area contributed by atoms with Crippen LogP contribution >= 0.6 is 34.8 Å². The van der Waals surface area contributed by atoms with E-state index in [1.54, 1.807) is 28.0 Å². The van der Waals surface area contributed by atoms with Crippen LogP contribution in [0, 0.1) is 23.7 Å². The predicted octanol–water partition coefficient (Wildman–Crippen LogP) is 11.7. The predicted molar refractivity (Wildman–Crippen MR) is 493 cm³/mol. The van der Waals surface area contributed by atoms with Gasteiger partial charge in [0, 0.05) is 175 Å². The van der Waals surface area contributed by atoms with Gasteiger partial charge in [0.25, 0.3) is 17.7 Å². The number of likely N-dealkylation sites (tertiary alicyclic amines) is 4. The van der Waals surface area contributed by atoms with Crippen molar-refractivity contribution in [2.24, 2.45) is 29.4 Å². The number of rotatable bonds is 20. The number of benzene rings is 3. The lowest BCUT2D eigenvalue weighted by atomic mass is 9.92. The Hall–Kier alpha value is -9.79. The largest absolute Gasteiger partial charge is 0.356 e. The molecule has 127 heavy (non-hydrogen) atoms. The standard InChI is InChI=1S/C30H38ClN9O4S.C29H38ClN7O3S.C28H35ClFN7O3S/c1-45(43,44)35-23-8-7-19(31)14-20(23)30(42)39-13-3-2-6-25(39)24-15-27-33-26(36-9-4-10-36)16-28(40(27)34-24)38-17-21(22(32)18-38)29(41)37-11-5-12-37;1-19-13-20(2)18-35(17-19)28-16-26(34-10-6-11-34)31-27-15-24(32-37(27)28)25-7-4-5-12-36(25)29(38)22-14-21(30)8-9-23(22)33-41(3,39)40;1-41(39,40)33-22-9-8-20(29)14-21(22)28(38)36-13-3-2-7-24(36)23-15-26-31-25(34-11-5-12-34)16-27(37(26)32-23)35-10-4-6-19(17-30)18-35/h7-8,14-16,21-22,25,35H,2-6,9-13,17-18,32H2,1H3;8-9,14-16,19-20,25,33H,4-7,10-13,17-18H2,1-3H3;8-9,14-16,19,24,33H,2-7,10-13,17-18H2,1H3/t21?,22?,25-;19-,20+,25-;19-,24-/m000/s1. The molecule has 680 valence electrons. The molecule has 10 saturated heterocycles. The van der Waals surface area contributed by atoms with Crippen LogP contribution in [-0.4, -0.2) is 255 Å². The lowest BCUT2D eigenvalue weighted by Crippen LogP contribution is -2.49. The van der Waals surface area contributed by atoms with E-state index in [0.29, 0.717) is 96.0 Å². The van der Waals surface area contributed by atoms with Crippen molar-refractivity contribution in [2.75, 3.05) is 180 Å². The summed E-state index contributed by atoms with van der Waals surface area (Å²) in [5.74, 6) is 5.58. The zero-order valence-electron chi connectivity index (χ0n) is 72.2. The molecule has 4 amide bonds. The smallest absolute Gasteiger partial charge is 0.256 e. The number of aromatic nitrogens is 9. The van der Waals surface area contributed by atoms with E-state index in [9.17, 15) is 48.8 Å². The van der Waals surface area contributed by atoms with Crippen molar-refractivity contribution in [3.8, 4) is 0 Å². The third-order valence-corrected chi connectivity index (χ3v) is 28.5. The Morgan fingerprint density at radius 3 is 1.09 bits per heavy atom. The molecule has 2 unspecified atom stereocenters. The van der Waals surface area contributed by atoms with E-state index in [2.05, 4.69) is 69.5 Å². The van der Waals surface area contributed by atoms with Crippen LogP contribution in [-0.2, 0) is 34.9 Å². The van der Waals surface area contributed by atoms with Gasteiger partial charge in [-0.15, -0.1) is 0 Å². The third kappa shape index (κ3) is 19.7. The van der Waals surface area contributed by atoms with Crippen LogP contribution in [0.25, 0.3) is 16.9 Å². The zero-order valence-corrected chi connectivity index (χ0v) is 76.9. The van der Waals surface area contributed by atoms with Crippen LogP contribution in [0.2, 0.25) is 15.1 Å². The van der Waals surface area contributed by atoms with Crippen LogP contribution in [0.1, 0.15) is 183 Å². The number of hydrogen-bond acceptors (Lipinski definition) is 23. The molecule has 16 heterocycles. The van der Waals surface area contributed by atoms with Crippen LogP contribution < -0.4 is 49.3 Å². The molecule has 10 aliphatic rings. The van der Waals surface area contributed by atoms with Crippen LogP contribution in [0.15, 0.2) is 91.0 Å². The number of nitrogens with one attached hydrogen (secondary N) is 3. The van der Waals surface area contributed by atoms with Gasteiger partial charge in [-0.2, -0.15) is 28.8 Å². The van der Waals surface area contributed by atoms with Crippen molar-refractivity contribution in [3.05, 3.63) is 140 Å². The zero-order chi connectivity index (χ0) is 89.1. The number of nitrogens with zero attached hydrogens (tertiary/aromatic N) is 19. The summed E-state index contributed by atoms with van der Waals surface area (Å²) in [5, 5.41) is 16.2. The van der Waals surface area contributed by atoms with E-state index in [4.69, 9.17) is 70.8 Å². The minimum atomic E-state index is -3.63. The van der Waals surface area contributed by atoms with Crippen molar-refractivity contribution in [3.63, 3.8) is 0 Å². The summed E-state index contributed by atoms with van der Waals surface area (Å²) < 4.78 is 98.9. The van der Waals surface area contributed by atoms with Crippen molar-refractivity contribution in [2.45, 2.75) is 141 Å². The second-order valence-corrected chi connectivity index (χ2v) is 42.5. The second kappa shape index (κ2) is 37.0. The monoisotopic (exact) mass is 1860 g/mol. The maximum Gasteiger partial charge on any atom is 0.256 e. The number of piperidine rings is 5. The molecule has 0 saturated carbocycles. The maximum atomic E-state index is 14.1. The van der Waals surface area contributed by atoms with Gasteiger partial charge in [-0.05, 0) is 169 Å². The summed E-state index contributed by atoms with van der Waals surface area (Å²) in [7, 11) is -10.8. The summed E-state index contributed by atoms with van der Waals surface area (Å²) in [6.45, 7) is 17.6. The molecule has 0 aliphatic carbocycles. The van der Waals surface area contributed by atoms with Crippen molar-refractivity contribution in [1.29, 1.82) is 0 Å². The van der Waals surface area contributed by atoms with Crippen molar-refractivity contribution < 1.29 is 48.8 Å². The van der Waals surface area contributed by atoms with Crippen molar-refractivity contribution in [1.82, 2.24) is 63.4 Å². The number of alkyl halides is 1. The minimum absolute atomic E-state index is 0.00616. The highest BCUT2D eigenvalue weighted by Gasteiger charge is 2.43. The Labute approximate surface area is 754 Å². The number of sulfonamides is 3. The van der Waals surface area contributed by atoms with Gasteiger partial charge in [0.05, 0.1) is 100 Å². The van der Waals surface area contributed by atoms with Crippen LogP contribution in [0.4, 0.5) is 56.4 Å². The average molecular weight is 1860 g/mol. The highest BCUT2D eigenvalue weighted by Crippen LogP contribution is 2.43. The molecule has 10 fully saturated rings. The number of carbonyl (C=O) groups excluding carboxylic acids is 4. The van der Waals surface area contributed by atoms with E-state index in [1.807, 2.05) is 47.6 Å². The molecule has 0 radical (unpaired) electrons. The van der Waals surface area contributed by atoms with Gasteiger partial charge in [-0.25, -0.2) is 40.2 Å². The quantitative estimate of drug-likeness (QED) is 0.0550. The number of amides is 4. The number of halogens is 4. The Kier molecular flexibility index (Phi) is 26.0. The van der Waals surface area contributed by atoms with Gasteiger partial charge in [0.15, 0.2) is 16.9 Å². The number of hydrogen-bond donors (Lipinski definition) is 4. The van der Waals surface area contributed by atoms with Gasteiger partial charge >= 0.3 is 0 Å². The lowest BCUT2D eigenvalue weighted by molar-refractivity contribution is -0.138. The summed E-state index contributed by atoms with van der Waals surface area (Å²) in [6, 6.07) is 24.7. The Morgan fingerprint density at radius 2 is 0.756 bits per heavy atom. The fraction of sp³-hybridized carbons (Fsp3) is 0.540. The van der Waals surface area contributed by atoms with Gasteiger partial charge in [-0.3, -0.25) is 37.7 Å². The SMILES string of the molecule is CS(=O)(=O)Nc1ccc(Cl)cc1C(=O)N1CCCC[C@H]1c1cc2nc(N3CCC3)cc(N3CC(N)C(C(=O)N4CCC4)C3)n2n1.CS(=O)(=O)Nc1ccc(Cl)cc1C(=O)N1CCCC[C@H]1c1cc2nc(N3CCC3)cc(N3CCC[C@@H](CF)C3)n2n1.C[C@@H]1C[C@H](C)CN(c2cc(N3CCC3)nc3cc([C@@H]4CCCCN4C(=O)c4cc(Cl)ccc4NS(C)(=O)=O)nn23)C1. The number of nitrogens with two attached hydrogens (primary N) is 1. The summed E-state index contributed by atoms with van der Waals surface area (Å²) in [4.78, 5) is 90.8. The van der Waals surface area contributed by atoms with Crippen LogP contribution in [0.5, 0.6) is 0 Å². The van der Waals surface area contributed by atoms with Gasteiger partial charge in [-0.1, -0.05) is 48.7 Å². The number of carbonyl (C=O) groups is 4. The van der Waals surface area contributed by atoms with E-state index in [-0.39, 0.29) is 100 Å². The first kappa shape index (κ1) is 89.2. The van der Waals surface area contributed by atoms with Gasteiger partial charge in [0.1, 0.15) is 34.9 Å². The Morgan fingerprint density at radius 1 is 0.409 bits per heavy atom. The molecule has 5 N–H and O–H groups in total. The van der Waals surface area contributed by atoms with Gasteiger partial charge < -0.3 is 54.7 Å². The Balaban J connectivity index is 0.000000134. The molecule has 40 heteroatoms. The normalized spacial score (nSPS) is 23.0. The summed E-state index contributed by atoms with van der Waals surface area (Å²) in [5.41, 5.74) is 12.1. The van der Waals surface area contributed by atoms with E-state index in [0.717, 1.165) is 220 Å². The average Bonchev–Trinajstić information content (AvgIpc) is 1.63. The second-order valence-electron chi connectivity index (χ2n) is 36.0. The molecule has 33 nitrogen and oxygen atoms in total. The topological polar surface area (TPSA) is 356 Å². The van der Waals surface area contributed by atoms with Crippen molar-refractivity contribution >= 4 is 157 Å². The number of fused-ring (bicyclic) bond motifs is 3. The molecule has 6 aromatic heterocycles. The molecule has 10 aliphatic heterocycles. The maximum absolute atomic E-state index is 14.1. The molecular weight excluding hydrogens is 1750 g/mol. The Bertz CT molecular complexity index is 6020. The van der Waals surface area contributed by atoms with E-state index in [1.165, 1.54) is 49.2 Å². The highest BCUT2D eigenvalue weighted by molar-refractivity contribution is 7.92. The van der Waals surface area contributed by atoms with E-state index < -0.39 is 30.1 Å². The van der Waals surface area contributed by atoms with Gasteiger partial charge in [0.2, 0.25) is 36.0 Å². The first-order chi connectivity index (χ1) is 60.8.